The van der Waals surface area contributed by atoms with E-state index in [1.807, 2.05) is 36.3 Å². The van der Waals surface area contributed by atoms with Gasteiger partial charge in [-0.3, -0.25) is 9.59 Å². The first-order valence-electron chi connectivity index (χ1n) is 9.34. The largest absolute Gasteiger partial charge is 0.352 e. The maximum Gasteiger partial charge on any atom is 0.223 e. The summed E-state index contributed by atoms with van der Waals surface area (Å²) in [6.45, 7) is 6.75. The summed E-state index contributed by atoms with van der Waals surface area (Å²) in [5, 5.41) is 3.09. The minimum Gasteiger partial charge on any atom is -0.352 e. The van der Waals surface area contributed by atoms with Gasteiger partial charge in [0.2, 0.25) is 5.91 Å². The maximum absolute atomic E-state index is 12.6. The van der Waals surface area contributed by atoms with Crippen LogP contribution in [-0.4, -0.2) is 52.7 Å². The number of hydrogen-bond acceptors (Lipinski definition) is 7. The third-order valence-electron chi connectivity index (χ3n) is 5.08. The summed E-state index contributed by atoms with van der Waals surface area (Å²) in [6, 6.07) is 3.98. The van der Waals surface area contributed by atoms with Crippen LogP contribution in [-0.2, 0) is 4.79 Å². The highest BCUT2D eigenvalue weighted by Gasteiger charge is 2.24. The quantitative estimate of drug-likeness (QED) is 0.596. The Labute approximate surface area is 171 Å². The van der Waals surface area contributed by atoms with Crippen LogP contribution in [0.5, 0.6) is 0 Å². The van der Waals surface area contributed by atoms with Crippen molar-refractivity contribution in [3.63, 3.8) is 0 Å². The molecular weight excluding hydrogens is 392 g/mol. The standard InChI is InChI=1S/C20H22N4O2S2/c1-13-11-16(14(2)28-13)17(25)3-4-18(26)23-6-8-24(9-7-23)19-15-5-10-27-20(15)22-12-21-19/h5,10-12H,3-4,6-9H2,1-2H3. The number of carbonyl (C=O) groups excluding carboxylic acids is 2. The minimum atomic E-state index is 0.0565. The number of thiophene rings is 2. The van der Waals surface area contributed by atoms with Crippen molar-refractivity contribution >= 4 is 50.4 Å². The predicted octanol–water partition coefficient (Wildman–Crippen LogP) is 3.68. The zero-order chi connectivity index (χ0) is 19.7. The molecule has 8 heteroatoms. The van der Waals surface area contributed by atoms with Crippen LogP contribution >= 0.6 is 22.7 Å². The molecule has 4 heterocycles. The van der Waals surface area contributed by atoms with Crippen LogP contribution < -0.4 is 4.90 Å². The summed E-state index contributed by atoms with van der Waals surface area (Å²) in [5.74, 6) is 1.06. The fourth-order valence-corrected chi connectivity index (χ4v) is 5.29. The molecule has 0 aliphatic carbocycles. The van der Waals surface area contributed by atoms with Gasteiger partial charge >= 0.3 is 0 Å². The summed E-state index contributed by atoms with van der Waals surface area (Å²) < 4.78 is 0. The molecule has 1 aliphatic rings. The van der Waals surface area contributed by atoms with Crippen molar-refractivity contribution in [2.45, 2.75) is 26.7 Å². The second kappa shape index (κ2) is 7.97. The van der Waals surface area contributed by atoms with Gasteiger partial charge in [0.05, 0.1) is 5.39 Å². The van der Waals surface area contributed by atoms with E-state index in [0.717, 1.165) is 44.4 Å². The van der Waals surface area contributed by atoms with E-state index in [1.54, 1.807) is 29.0 Å². The molecule has 146 valence electrons. The molecular formula is C20H22N4O2S2. The minimum absolute atomic E-state index is 0.0565. The first-order chi connectivity index (χ1) is 13.5. The molecule has 0 aromatic carbocycles. The Morgan fingerprint density at radius 3 is 2.61 bits per heavy atom. The van der Waals surface area contributed by atoms with Crippen molar-refractivity contribution < 1.29 is 9.59 Å². The third-order valence-corrected chi connectivity index (χ3v) is 6.87. The van der Waals surface area contributed by atoms with E-state index in [2.05, 4.69) is 14.9 Å². The Kier molecular flexibility index (Phi) is 5.41. The number of ketones is 1. The zero-order valence-corrected chi connectivity index (χ0v) is 17.6. The number of amides is 1. The number of anilines is 1. The van der Waals surface area contributed by atoms with Gasteiger partial charge in [-0.25, -0.2) is 9.97 Å². The van der Waals surface area contributed by atoms with E-state index >= 15 is 0 Å². The third kappa shape index (κ3) is 3.79. The lowest BCUT2D eigenvalue weighted by atomic mass is 10.1. The molecule has 3 aromatic heterocycles. The highest BCUT2D eigenvalue weighted by atomic mass is 32.1. The molecule has 3 aromatic rings. The highest BCUT2D eigenvalue weighted by Crippen LogP contribution is 2.27. The number of hydrogen-bond donors (Lipinski definition) is 0. The SMILES string of the molecule is Cc1cc(C(=O)CCC(=O)N2CCN(c3ncnc4sccc34)CC2)c(C)s1. The van der Waals surface area contributed by atoms with E-state index < -0.39 is 0 Å². The van der Waals surface area contributed by atoms with Crippen LogP contribution in [0.4, 0.5) is 5.82 Å². The first-order valence-corrected chi connectivity index (χ1v) is 11.0. The summed E-state index contributed by atoms with van der Waals surface area (Å²) >= 11 is 3.24. The summed E-state index contributed by atoms with van der Waals surface area (Å²) in [6.07, 6.45) is 2.15. The fraction of sp³-hybridized carbons (Fsp3) is 0.400. The number of fused-ring (bicyclic) bond motifs is 1. The first kappa shape index (κ1) is 19.0. The van der Waals surface area contributed by atoms with Crippen LogP contribution in [0, 0.1) is 13.8 Å². The van der Waals surface area contributed by atoms with Crippen LogP contribution in [0.1, 0.15) is 33.0 Å². The molecule has 1 saturated heterocycles. The number of nitrogens with zero attached hydrogens (tertiary/aromatic N) is 4. The molecule has 0 atom stereocenters. The summed E-state index contributed by atoms with van der Waals surface area (Å²) in [5.41, 5.74) is 0.767. The smallest absolute Gasteiger partial charge is 0.223 e. The average molecular weight is 415 g/mol. The monoisotopic (exact) mass is 414 g/mol. The van der Waals surface area contributed by atoms with Gasteiger partial charge in [0.1, 0.15) is 17.0 Å². The maximum atomic E-state index is 12.6. The molecule has 0 bridgehead atoms. The van der Waals surface area contributed by atoms with Gasteiger partial charge in [0.15, 0.2) is 5.78 Å². The number of aryl methyl sites for hydroxylation is 2. The highest BCUT2D eigenvalue weighted by molar-refractivity contribution is 7.16. The van der Waals surface area contributed by atoms with Crippen LogP contribution in [0.25, 0.3) is 10.2 Å². The summed E-state index contributed by atoms with van der Waals surface area (Å²) in [7, 11) is 0. The van der Waals surface area contributed by atoms with Gasteiger partial charge in [-0.1, -0.05) is 0 Å². The summed E-state index contributed by atoms with van der Waals surface area (Å²) in [4.78, 5) is 41.0. The topological polar surface area (TPSA) is 66.4 Å². The second-order valence-corrected chi connectivity index (χ2v) is 9.31. The van der Waals surface area contributed by atoms with E-state index in [9.17, 15) is 9.59 Å². The van der Waals surface area contributed by atoms with Crippen molar-refractivity contribution in [3.8, 4) is 0 Å². The van der Waals surface area contributed by atoms with Gasteiger partial charge in [0.25, 0.3) is 0 Å². The van der Waals surface area contributed by atoms with Crippen molar-refractivity contribution in [3.05, 3.63) is 39.2 Å². The predicted molar refractivity (Wildman–Crippen MR) is 114 cm³/mol. The van der Waals surface area contributed by atoms with Crippen molar-refractivity contribution in [1.29, 1.82) is 0 Å². The molecule has 28 heavy (non-hydrogen) atoms. The fourth-order valence-electron chi connectivity index (χ4n) is 3.62. The molecule has 0 spiro atoms. The van der Waals surface area contributed by atoms with Crippen LogP contribution in [0.15, 0.2) is 23.8 Å². The Hall–Kier alpha value is -2.32. The lowest BCUT2D eigenvalue weighted by Gasteiger charge is -2.35. The molecule has 6 nitrogen and oxygen atoms in total. The Morgan fingerprint density at radius 1 is 1.11 bits per heavy atom. The molecule has 4 rings (SSSR count). The molecule has 0 N–H and O–H groups in total. The van der Waals surface area contributed by atoms with Crippen molar-refractivity contribution in [2.75, 3.05) is 31.1 Å². The number of Topliss-reactive ketones (excluding diaryl/α,β-unsaturated/α-hetero) is 1. The molecule has 1 aliphatic heterocycles. The number of rotatable bonds is 5. The molecule has 0 radical (unpaired) electrons. The number of piperazine rings is 1. The van der Waals surface area contributed by atoms with Crippen LogP contribution in [0.3, 0.4) is 0 Å². The van der Waals surface area contributed by atoms with E-state index in [1.165, 1.54) is 0 Å². The average Bonchev–Trinajstić information content (AvgIpc) is 3.31. The Bertz CT molecular complexity index is 1020. The number of carbonyl (C=O) groups is 2. The molecule has 0 saturated carbocycles. The second-order valence-electron chi connectivity index (χ2n) is 6.95. The van der Waals surface area contributed by atoms with Gasteiger partial charge in [0, 0.05) is 54.3 Å². The zero-order valence-electron chi connectivity index (χ0n) is 16.0. The molecule has 1 fully saturated rings. The normalized spacial score (nSPS) is 14.6. The lowest BCUT2D eigenvalue weighted by molar-refractivity contribution is -0.131. The van der Waals surface area contributed by atoms with Crippen LogP contribution in [0.2, 0.25) is 0 Å². The Balaban J connectivity index is 1.32. The van der Waals surface area contributed by atoms with E-state index in [0.29, 0.717) is 13.1 Å². The van der Waals surface area contributed by atoms with Gasteiger partial charge in [-0.15, -0.1) is 22.7 Å². The number of aromatic nitrogens is 2. The van der Waals surface area contributed by atoms with Crippen molar-refractivity contribution in [2.24, 2.45) is 0 Å². The van der Waals surface area contributed by atoms with E-state index in [4.69, 9.17) is 0 Å². The van der Waals surface area contributed by atoms with Gasteiger partial charge in [-0.2, -0.15) is 0 Å². The van der Waals surface area contributed by atoms with E-state index in [-0.39, 0.29) is 24.5 Å². The van der Waals surface area contributed by atoms with Crippen molar-refractivity contribution in [1.82, 2.24) is 14.9 Å². The van der Waals surface area contributed by atoms with Gasteiger partial charge < -0.3 is 9.80 Å². The molecule has 1 amide bonds. The lowest BCUT2D eigenvalue weighted by Crippen LogP contribution is -2.49. The van der Waals surface area contributed by atoms with Gasteiger partial charge in [-0.05, 0) is 31.4 Å². The Morgan fingerprint density at radius 2 is 1.89 bits per heavy atom. The molecule has 0 unspecified atom stereocenters.